The third kappa shape index (κ3) is 2.47. The van der Waals surface area contributed by atoms with E-state index in [0.717, 1.165) is 11.3 Å². The van der Waals surface area contributed by atoms with Crippen molar-refractivity contribution in [2.75, 3.05) is 5.32 Å². The molecule has 1 aliphatic carbocycles. The standard InChI is InChI=1S/C19H20N4O3/c1-19(2)7-13-15(14(25)8-19)16(10-4-3-5-11(24)6-10)23-18(22-13)12(9-21-23)17(20)26/h3-6,9,16,22,24H,7-8H2,1-2H3,(H2,20,26)/t16-/m1/s1. The average Bonchev–Trinajstić information content (AvgIpc) is 2.95. The molecule has 2 aliphatic rings. The van der Waals surface area contributed by atoms with Gasteiger partial charge in [-0.15, -0.1) is 0 Å². The zero-order valence-corrected chi connectivity index (χ0v) is 14.6. The number of carbonyl (C=O) groups is 2. The predicted molar refractivity (Wildman–Crippen MR) is 95.7 cm³/mol. The molecule has 0 saturated heterocycles. The molecule has 0 saturated carbocycles. The molecule has 4 rings (SSSR count). The Morgan fingerprint density at radius 2 is 2.15 bits per heavy atom. The zero-order chi connectivity index (χ0) is 18.6. The average molecular weight is 352 g/mol. The van der Waals surface area contributed by atoms with Gasteiger partial charge >= 0.3 is 0 Å². The molecule has 2 heterocycles. The highest BCUT2D eigenvalue weighted by Crippen LogP contribution is 2.46. The van der Waals surface area contributed by atoms with Gasteiger partial charge in [0.1, 0.15) is 23.2 Å². The number of aromatic hydroxyl groups is 1. The van der Waals surface area contributed by atoms with Crippen molar-refractivity contribution in [3.63, 3.8) is 0 Å². The van der Waals surface area contributed by atoms with E-state index in [1.54, 1.807) is 22.9 Å². The maximum Gasteiger partial charge on any atom is 0.254 e. The fourth-order valence-electron chi connectivity index (χ4n) is 3.89. The number of Topliss-reactive ketones (excluding diaryl/α,β-unsaturated/α-hetero) is 1. The van der Waals surface area contributed by atoms with Crippen LogP contribution in [0.2, 0.25) is 0 Å². The molecule has 1 aromatic heterocycles. The summed E-state index contributed by atoms with van der Waals surface area (Å²) in [5.74, 6) is 0.0448. The van der Waals surface area contributed by atoms with Crippen LogP contribution in [0.4, 0.5) is 5.82 Å². The van der Waals surface area contributed by atoms with Gasteiger partial charge in [-0.25, -0.2) is 4.68 Å². The first-order chi connectivity index (χ1) is 12.3. The van der Waals surface area contributed by atoms with Gasteiger partial charge in [0, 0.05) is 17.7 Å². The number of amides is 1. The van der Waals surface area contributed by atoms with Crippen molar-refractivity contribution in [1.29, 1.82) is 0 Å². The number of phenols is 1. The van der Waals surface area contributed by atoms with E-state index in [1.165, 1.54) is 6.20 Å². The summed E-state index contributed by atoms with van der Waals surface area (Å²) in [7, 11) is 0. The van der Waals surface area contributed by atoms with E-state index in [9.17, 15) is 14.7 Å². The van der Waals surface area contributed by atoms with Crippen LogP contribution in [0.25, 0.3) is 0 Å². The lowest BCUT2D eigenvalue weighted by molar-refractivity contribution is -0.118. The normalized spacial score (nSPS) is 21.0. The number of ketones is 1. The van der Waals surface area contributed by atoms with Gasteiger partial charge in [-0.05, 0) is 29.5 Å². The Bertz CT molecular complexity index is 971. The lowest BCUT2D eigenvalue weighted by atomic mass is 9.73. The van der Waals surface area contributed by atoms with E-state index in [0.29, 0.717) is 24.2 Å². The van der Waals surface area contributed by atoms with Crippen LogP contribution in [0.15, 0.2) is 41.7 Å². The minimum absolute atomic E-state index is 0.0406. The topological polar surface area (TPSA) is 110 Å². The molecule has 1 amide bonds. The van der Waals surface area contributed by atoms with Crippen molar-refractivity contribution in [3.8, 4) is 5.75 Å². The van der Waals surface area contributed by atoms with Crippen LogP contribution in [0.3, 0.4) is 0 Å². The molecule has 2 aromatic rings. The van der Waals surface area contributed by atoms with Gasteiger partial charge in [-0.3, -0.25) is 9.59 Å². The van der Waals surface area contributed by atoms with E-state index in [4.69, 9.17) is 5.73 Å². The molecule has 1 aliphatic heterocycles. The number of nitrogens with one attached hydrogen (secondary N) is 1. The maximum absolute atomic E-state index is 13.0. The quantitative estimate of drug-likeness (QED) is 0.768. The molecule has 0 fully saturated rings. The molecule has 1 atom stereocenters. The van der Waals surface area contributed by atoms with Gasteiger partial charge in [0.05, 0.1) is 6.20 Å². The highest BCUT2D eigenvalue weighted by Gasteiger charge is 2.42. The van der Waals surface area contributed by atoms with Crippen molar-refractivity contribution in [2.45, 2.75) is 32.7 Å². The minimum atomic E-state index is -0.584. The first kappa shape index (κ1) is 16.4. The Hall–Kier alpha value is -3.09. The Balaban J connectivity index is 1.95. The summed E-state index contributed by atoms with van der Waals surface area (Å²) >= 11 is 0. The number of phenolic OH excluding ortho intramolecular Hbond substituents is 1. The van der Waals surface area contributed by atoms with Gasteiger partial charge in [0.2, 0.25) is 0 Å². The maximum atomic E-state index is 13.0. The van der Waals surface area contributed by atoms with Crippen LogP contribution in [0.1, 0.15) is 48.7 Å². The van der Waals surface area contributed by atoms with Crippen molar-refractivity contribution in [2.24, 2.45) is 11.1 Å². The molecule has 134 valence electrons. The van der Waals surface area contributed by atoms with E-state index in [2.05, 4.69) is 10.4 Å². The van der Waals surface area contributed by atoms with Crippen LogP contribution in [-0.2, 0) is 4.79 Å². The van der Waals surface area contributed by atoms with Crippen molar-refractivity contribution in [3.05, 3.63) is 52.9 Å². The Morgan fingerprint density at radius 3 is 2.85 bits per heavy atom. The SMILES string of the molecule is CC1(C)CC(=O)C2=C(C1)Nc1c(C(N)=O)cnn1[C@@H]2c1cccc(O)c1. The summed E-state index contributed by atoms with van der Waals surface area (Å²) in [5, 5.41) is 17.4. The summed E-state index contributed by atoms with van der Waals surface area (Å²) in [4.78, 5) is 24.8. The van der Waals surface area contributed by atoms with Gasteiger partial charge in [0.25, 0.3) is 5.91 Å². The lowest BCUT2D eigenvalue weighted by Crippen LogP contribution is -2.37. The number of allylic oxidation sites excluding steroid dienone is 2. The molecule has 4 N–H and O–H groups in total. The van der Waals surface area contributed by atoms with E-state index in [1.807, 2.05) is 19.9 Å². The second-order valence-electron chi connectivity index (χ2n) is 7.67. The number of fused-ring (bicyclic) bond motifs is 1. The minimum Gasteiger partial charge on any atom is -0.508 e. The third-order valence-corrected chi connectivity index (χ3v) is 4.95. The van der Waals surface area contributed by atoms with Gasteiger partial charge in [0.15, 0.2) is 5.78 Å². The molecule has 0 spiro atoms. The number of rotatable bonds is 2. The van der Waals surface area contributed by atoms with Crippen LogP contribution < -0.4 is 11.1 Å². The zero-order valence-electron chi connectivity index (χ0n) is 14.6. The second-order valence-corrected chi connectivity index (χ2v) is 7.67. The molecule has 26 heavy (non-hydrogen) atoms. The summed E-state index contributed by atoms with van der Waals surface area (Å²) in [6, 6.07) is 6.24. The number of nitrogens with zero attached hydrogens (tertiary/aromatic N) is 2. The van der Waals surface area contributed by atoms with Crippen LogP contribution in [0.5, 0.6) is 5.75 Å². The number of hydrogen-bond donors (Lipinski definition) is 3. The number of aromatic nitrogens is 2. The molecule has 1 aromatic carbocycles. The summed E-state index contributed by atoms with van der Waals surface area (Å²) in [6.07, 6.45) is 2.52. The number of carbonyl (C=O) groups excluding carboxylic acids is 2. The van der Waals surface area contributed by atoms with Crippen LogP contribution >= 0.6 is 0 Å². The number of nitrogens with two attached hydrogens (primary N) is 1. The Labute approximate surface area is 150 Å². The predicted octanol–water partition coefficient (Wildman–Crippen LogP) is 2.35. The highest BCUT2D eigenvalue weighted by molar-refractivity contribution is 6.02. The van der Waals surface area contributed by atoms with Gasteiger partial charge < -0.3 is 16.2 Å². The van der Waals surface area contributed by atoms with Crippen molar-refractivity contribution < 1.29 is 14.7 Å². The summed E-state index contributed by atoms with van der Waals surface area (Å²) in [5.41, 5.74) is 7.72. The second kappa shape index (κ2) is 5.45. The monoisotopic (exact) mass is 352 g/mol. The molecule has 7 heteroatoms. The smallest absolute Gasteiger partial charge is 0.254 e. The Morgan fingerprint density at radius 1 is 1.38 bits per heavy atom. The molecule has 0 radical (unpaired) electrons. The van der Waals surface area contributed by atoms with E-state index in [-0.39, 0.29) is 22.5 Å². The van der Waals surface area contributed by atoms with Gasteiger partial charge in [-0.2, -0.15) is 5.10 Å². The number of anilines is 1. The largest absolute Gasteiger partial charge is 0.508 e. The van der Waals surface area contributed by atoms with Gasteiger partial charge in [-0.1, -0.05) is 26.0 Å². The molecule has 0 unspecified atom stereocenters. The molecular formula is C19H20N4O3. The number of hydrogen-bond acceptors (Lipinski definition) is 5. The first-order valence-corrected chi connectivity index (χ1v) is 8.46. The van der Waals surface area contributed by atoms with E-state index >= 15 is 0 Å². The van der Waals surface area contributed by atoms with Crippen molar-refractivity contribution >= 4 is 17.5 Å². The fraction of sp³-hybridized carbons (Fsp3) is 0.316. The number of benzene rings is 1. The molecule has 7 nitrogen and oxygen atoms in total. The Kier molecular flexibility index (Phi) is 3.44. The first-order valence-electron chi connectivity index (χ1n) is 8.46. The molecule has 0 bridgehead atoms. The van der Waals surface area contributed by atoms with Crippen LogP contribution in [-0.4, -0.2) is 26.6 Å². The summed E-state index contributed by atoms with van der Waals surface area (Å²) in [6.45, 7) is 4.08. The lowest BCUT2D eigenvalue weighted by Gasteiger charge is -2.39. The van der Waals surface area contributed by atoms with Crippen molar-refractivity contribution in [1.82, 2.24) is 9.78 Å². The fourth-order valence-corrected chi connectivity index (χ4v) is 3.89. The molecular weight excluding hydrogens is 332 g/mol. The summed E-state index contributed by atoms with van der Waals surface area (Å²) < 4.78 is 1.60. The third-order valence-electron chi connectivity index (χ3n) is 4.95. The highest BCUT2D eigenvalue weighted by atomic mass is 16.3. The number of primary amides is 1. The van der Waals surface area contributed by atoms with E-state index < -0.39 is 11.9 Å². The van der Waals surface area contributed by atoms with Crippen LogP contribution in [0, 0.1) is 5.41 Å².